The highest BCUT2D eigenvalue weighted by Gasteiger charge is 2.47. The first-order valence-corrected chi connectivity index (χ1v) is 8.85. The van der Waals surface area contributed by atoms with Gasteiger partial charge in [-0.3, -0.25) is 4.79 Å². The summed E-state index contributed by atoms with van der Waals surface area (Å²) in [7, 11) is 1.75. The summed E-state index contributed by atoms with van der Waals surface area (Å²) in [6.45, 7) is 0.528. The Labute approximate surface area is 149 Å². The van der Waals surface area contributed by atoms with Gasteiger partial charge in [0.05, 0.1) is 11.3 Å². The summed E-state index contributed by atoms with van der Waals surface area (Å²) in [5.74, 6) is -0.576. The second-order valence-electron chi connectivity index (χ2n) is 7.29. The van der Waals surface area contributed by atoms with Crippen LogP contribution in [0.1, 0.15) is 41.6 Å². The van der Waals surface area contributed by atoms with E-state index in [9.17, 15) is 9.18 Å². The minimum absolute atomic E-state index is 0.114. The topological polar surface area (TPSA) is 63.9 Å². The number of aromatic nitrogens is 4. The van der Waals surface area contributed by atoms with Gasteiger partial charge in [0.1, 0.15) is 11.3 Å². The van der Waals surface area contributed by atoms with E-state index in [1.807, 2.05) is 6.07 Å². The lowest BCUT2D eigenvalue weighted by Crippen LogP contribution is -2.35. The molecule has 0 N–H and O–H groups in total. The predicted octanol–water partition coefficient (Wildman–Crippen LogP) is 2.97. The zero-order valence-corrected chi connectivity index (χ0v) is 14.4. The van der Waals surface area contributed by atoms with Crippen LogP contribution in [0.4, 0.5) is 10.1 Å². The van der Waals surface area contributed by atoms with E-state index in [0.29, 0.717) is 29.0 Å². The minimum Gasteiger partial charge on any atom is -0.304 e. The number of fused-ring (bicyclic) bond motifs is 3. The number of carbonyl (C=O) groups is 1. The summed E-state index contributed by atoms with van der Waals surface area (Å²) < 4.78 is 16.2. The smallest absolute Gasteiger partial charge is 0.260 e. The summed E-state index contributed by atoms with van der Waals surface area (Å²) in [6, 6.07) is 6.82. The van der Waals surface area contributed by atoms with Gasteiger partial charge in [-0.05, 0) is 30.5 Å². The van der Waals surface area contributed by atoms with Crippen molar-refractivity contribution in [2.45, 2.75) is 31.1 Å². The van der Waals surface area contributed by atoms with Gasteiger partial charge >= 0.3 is 0 Å². The zero-order chi connectivity index (χ0) is 17.9. The molecule has 1 amide bonds. The third-order valence-electron chi connectivity index (χ3n) is 5.78. The van der Waals surface area contributed by atoms with E-state index in [2.05, 4.69) is 15.3 Å². The molecule has 0 radical (unpaired) electrons. The normalized spacial score (nSPS) is 18.0. The molecular formula is C19H18FN5O. The van der Waals surface area contributed by atoms with E-state index < -0.39 is 0 Å². The SMILES string of the molecule is Cn1nnc2cc(C(=O)N3CC4(CCCC4)c4cccc(F)c43)cnc21. The lowest BCUT2D eigenvalue weighted by Gasteiger charge is -2.24. The van der Waals surface area contributed by atoms with Gasteiger partial charge in [-0.15, -0.1) is 5.10 Å². The first-order valence-electron chi connectivity index (χ1n) is 8.85. The number of hydrogen-bond acceptors (Lipinski definition) is 4. The molecule has 0 saturated heterocycles. The molecule has 1 spiro atoms. The summed E-state index contributed by atoms with van der Waals surface area (Å²) in [5.41, 5.74) is 2.86. The van der Waals surface area contributed by atoms with E-state index in [1.54, 1.807) is 28.8 Å². The molecule has 1 fully saturated rings. The van der Waals surface area contributed by atoms with E-state index in [0.717, 1.165) is 31.2 Å². The largest absolute Gasteiger partial charge is 0.304 e. The quantitative estimate of drug-likeness (QED) is 0.676. The lowest BCUT2D eigenvalue weighted by molar-refractivity contribution is 0.0984. The fourth-order valence-corrected chi connectivity index (χ4v) is 4.54. The molecule has 0 atom stereocenters. The number of pyridine rings is 1. The second kappa shape index (κ2) is 5.33. The van der Waals surface area contributed by atoms with E-state index >= 15 is 0 Å². The number of aryl methyl sites for hydroxylation is 1. The third-order valence-corrected chi connectivity index (χ3v) is 5.78. The number of nitrogens with zero attached hydrogens (tertiary/aromatic N) is 5. The Bertz CT molecular complexity index is 1040. The zero-order valence-electron chi connectivity index (χ0n) is 14.4. The maximum absolute atomic E-state index is 14.7. The molecule has 1 aliphatic carbocycles. The molecule has 2 aromatic heterocycles. The number of amides is 1. The summed E-state index contributed by atoms with van der Waals surface area (Å²) >= 11 is 0. The Balaban J connectivity index is 1.60. The van der Waals surface area contributed by atoms with Gasteiger partial charge in [-0.25, -0.2) is 14.1 Å². The van der Waals surface area contributed by atoms with Crippen LogP contribution in [0.3, 0.4) is 0 Å². The summed E-state index contributed by atoms with van der Waals surface area (Å²) in [4.78, 5) is 19.1. The number of rotatable bonds is 1. The second-order valence-corrected chi connectivity index (χ2v) is 7.29. The van der Waals surface area contributed by atoms with Crippen LogP contribution in [0, 0.1) is 5.82 Å². The highest BCUT2D eigenvalue weighted by molar-refractivity contribution is 6.08. The van der Waals surface area contributed by atoms with Crippen LogP contribution in [0.15, 0.2) is 30.5 Å². The average molecular weight is 351 g/mol. The number of para-hydroxylation sites is 1. The van der Waals surface area contributed by atoms with Crippen LogP contribution < -0.4 is 4.90 Å². The van der Waals surface area contributed by atoms with Crippen molar-refractivity contribution in [1.29, 1.82) is 0 Å². The van der Waals surface area contributed by atoms with Crippen LogP contribution >= 0.6 is 0 Å². The van der Waals surface area contributed by atoms with Crippen molar-refractivity contribution in [1.82, 2.24) is 20.0 Å². The molecule has 5 rings (SSSR count). The molecule has 6 nitrogen and oxygen atoms in total. The molecule has 1 aromatic carbocycles. The first kappa shape index (κ1) is 15.4. The molecular weight excluding hydrogens is 333 g/mol. The Kier molecular flexibility index (Phi) is 3.16. The summed E-state index contributed by atoms with van der Waals surface area (Å²) in [6.07, 6.45) is 5.74. The number of halogens is 1. The molecule has 0 bridgehead atoms. The molecule has 26 heavy (non-hydrogen) atoms. The molecule has 7 heteroatoms. The fraction of sp³-hybridized carbons (Fsp3) is 0.368. The Morgan fingerprint density at radius 1 is 1.27 bits per heavy atom. The van der Waals surface area contributed by atoms with Crippen molar-refractivity contribution in [2.24, 2.45) is 7.05 Å². The number of carbonyl (C=O) groups excluding carboxylic acids is 1. The molecule has 1 aliphatic heterocycles. The Morgan fingerprint density at radius 3 is 2.88 bits per heavy atom. The molecule has 132 valence electrons. The molecule has 3 heterocycles. The third kappa shape index (κ3) is 2.03. The van der Waals surface area contributed by atoms with Crippen molar-refractivity contribution in [3.8, 4) is 0 Å². The van der Waals surface area contributed by atoms with Gasteiger partial charge in [0.15, 0.2) is 5.65 Å². The first-order chi connectivity index (χ1) is 12.6. The fourth-order valence-electron chi connectivity index (χ4n) is 4.54. The maximum Gasteiger partial charge on any atom is 0.260 e. The van der Waals surface area contributed by atoms with Gasteiger partial charge < -0.3 is 4.90 Å². The van der Waals surface area contributed by atoms with Crippen LogP contribution in [0.25, 0.3) is 11.2 Å². The van der Waals surface area contributed by atoms with Gasteiger partial charge in [-0.2, -0.15) is 0 Å². The van der Waals surface area contributed by atoms with Crippen molar-refractivity contribution in [2.75, 3.05) is 11.4 Å². The average Bonchev–Trinajstić information content (AvgIpc) is 3.35. The molecule has 0 unspecified atom stereocenters. The van der Waals surface area contributed by atoms with E-state index in [4.69, 9.17) is 0 Å². The monoisotopic (exact) mass is 351 g/mol. The number of hydrogen-bond donors (Lipinski definition) is 0. The summed E-state index contributed by atoms with van der Waals surface area (Å²) in [5, 5.41) is 7.95. The van der Waals surface area contributed by atoms with Gasteiger partial charge in [0.2, 0.25) is 0 Å². The van der Waals surface area contributed by atoms with Crippen LogP contribution in [-0.2, 0) is 12.5 Å². The number of benzene rings is 1. The minimum atomic E-state index is -0.340. The molecule has 3 aromatic rings. The van der Waals surface area contributed by atoms with Crippen molar-refractivity contribution in [3.05, 3.63) is 47.4 Å². The highest BCUT2D eigenvalue weighted by atomic mass is 19.1. The van der Waals surface area contributed by atoms with Crippen LogP contribution in [0.2, 0.25) is 0 Å². The lowest BCUT2D eigenvalue weighted by atomic mass is 9.81. The number of anilines is 1. The van der Waals surface area contributed by atoms with Crippen molar-refractivity contribution in [3.63, 3.8) is 0 Å². The predicted molar refractivity (Wildman–Crippen MR) is 94.5 cm³/mol. The molecule has 2 aliphatic rings. The highest BCUT2D eigenvalue weighted by Crippen LogP contribution is 2.51. The standard InChI is InChI=1S/C19H18FN5O/c1-24-17-15(22-23-24)9-12(10-21-17)18(26)25-11-19(7-2-3-8-19)13-5-4-6-14(20)16(13)25/h4-6,9-10H,2-3,7-8,11H2,1H3. The van der Waals surface area contributed by atoms with Gasteiger partial charge in [0, 0.05) is 25.2 Å². The van der Waals surface area contributed by atoms with E-state index in [-0.39, 0.29) is 17.1 Å². The molecule has 1 saturated carbocycles. The Morgan fingerprint density at radius 2 is 2.08 bits per heavy atom. The van der Waals surface area contributed by atoms with E-state index in [1.165, 1.54) is 12.3 Å². The van der Waals surface area contributed by atoms with Crippen LogP contribution in [0.5, 0.6) is 0 Å². The van der Waals surface area contributed by atoms with Crippen molar-refractivity contribution >= 4 is 22.8 Å². The maximum atomic E-state index is 14.7. The van der Waals surface area contributed by atoms with Crippen molar-refractivity contribution < 1.29 is 9.18 Å². The van der Waals surface area contributed by atoms with Gasteiger partial charge in [0.25, 0.3) is 5.91 Å². The van der Waals surface area contributed by atoms with Crippen LogP contribution in [-0.4, -0.2) is 32.4 Å². The Hall–Kier alpha value is -2.83. The van der Waals surface area contributed by atoms with Gasteiger partial charge in [-0.1, -0.05) is 30.2 Å².